The summed E-state index contributed by atoms with van der Waals surface area (Å²) in [5, 5.41) is 6.86. The number of carbonyl (C=O) groups is 1. The van der Waals surface area contributed by atoms with E-state index in [9.17, 15) is 17.6 Å². The minimum atomic E-state index is -3.68. The van der Waals surface area contributed by atoms with Gasteiger partial charge in [0.1, 0.15) is 11.5 Å². The van der Waals surface area contributed by atoms with Crippen molar-refractivity contribution >= 4 is 21.6 Å². The van der Waals surface area contributed by atoms with E-state index in [2.05, 4.69) is 10.4 Å². The van der Waals surface area contributed by atoms with Crippen molar-refractivity contribution in [3.8, 4) is 5.69 Å². The highest BCUT2D eigenvalue weighted by Gasteiger charge is 2.24. The van der Waals surface area contributed by atoms with Gasteiger partial charge in [-0.25, -0.2) is 17.5 Å². The van der Waals surface area contributed by atoms with Gasteiger partial charge in [0.15, 0.2) is 0 Å². The number of para-hydroxylation sites is 1. The van der Waals surface area contributed by atoms with Crippen LogP contribution in [0.2, 0.25) is 0 Å². The first-order valence-electron chi connectivity index (χ1n) is 9.92. The Bertz CT molecular complexity index is 1220. The predicted octanol–water partition coefficient (Wildman–Crippen LogP) is 3.91. The molecule has 1 N–H and O–H groups in total. The SMILES string of the molecule is CCN(CC)S(=O)(=O)c1cc(NC(=O)c2cnn(-c3ccccc3F)c2C)ccc1C. The topological polar surface area (TPSA) is 84.3 Å². The van der Waals surface area contributed by atoms with Crippen LogP contribution in [0.5, 0.6) is 0 Å². The number of nitrogens with zero attached hydrogens (tertiary/aromatic N) is 3. The third-order valence-corrected chi connectivity index (χ3v) is 7.30. The lowest BCUT2D eigenvalue weighted by Gasteiger charge is -2.20. The number of aryl methyl sites for hydroxylation is 1. The highest BCUT2D eigenvalue weighted by molar-refractivity contribution is 7.89. The third kappa shape index (κ3) is 4.38. The zero-order valence-electron chi connectivity index (χ0n) is 17.9. The Kier molecular flexibility index (Phi) is 6.56. The number of rotatable bonds is 7. The van der Waals surface area contributed by atoms with E-state index < -0.39 is 21.7 Å². The number of hydrogen-bond acceptors (Lipinski definition) is 4. The molecule has 9 heteroatoms. The molecule has 1 heterocycles. The molecule has 0 saturated carbocycles. The largest absolute Gasteiger partial charge is 0.322 e. The molecular formula is C22H25FN4O3S. The highest BCUT2D eigenvalue weighted by Crippen LogP contribution is 2.24. The summed E-state index contributed by atoms with van der Waals surface area (Å²) in [5.41, 5.74) is 1.90. The number of nitrogens with one attached hydrogen (secondary N) is 1. The number of carbonyl (C=O) groups excluding carboxylic acids is 1. The summed E-state index contributed by atoms with van der Waals surface area (Å²) >= 11 is 0. The van der Waals surface area contributed by atoms with Crippen LogP contribution in [0, 0.1) is 19.7 Å². The fraction of sp³-hybridized carbons (Fsp3) is 0.273. The molecule has 7 nitrogen and oxygen atoms in total. The first kappa shape index (κ1) is 22.6. The Balaban J connectivity index is 1.91. The zero-order valence-corrected chi connectivity index (χ0v) is 18.7. The lowest BCUT2D eigenvalue weighted by Crippen LogP contribution is -2.31. The Morgan fingerprint density at radius 3 is 2.45 bits per heavy atom. The van der Waals surface area contributed by atoms with Gasteiger partial charge in [0, 0.05) is 18.8 Å². The number of hydrogen-bond donors (Lipinski definition) is 1. The van der Waals surface area contributed by atoms with E-state index in [1.165, 1.54) is 27.3 Å². The smallest absolute Gasteiger partial charge is 0.259 e. The van der Waals surface area contributed by atoms with Crippen molar-refractivity contribution in [3.63, 3.8) is 0 Å². The second kappa shape index (κ2) is 8.99. The summed E-state index contributed by atoms with van der Waals surface area (Å²) in [6, 6.07) is 10.9. The molecule has 0 aliphatic rings. The van der Waals surface area contributed by atoms with E-state index >= 15 is 0 Å². The molecule has 3 rings (SSSR count). The van der Waals surface area contributed by atoms with Gasteiger partial charge in [0.05, 0.1) is 22.3 Å². The summed E-state index contributed by atoms with van der Waals surface area (Å²) in [6.45, 7) is 7.63. The monoisotopic (exact) mass is 444 g/mol. The molecule has 3 aromatic rings. The Hall–Kier alpha value is -3.04. The maximum Gasteiger partial charge on any atom is 0.259 e. The minimum Gasteiger partial charge on any atom is -0.322 e. The number of sulfonamides is 1. The molecule has 0 saturated heterocycles. The van der Waals surface area contributed by atoms with Crippen LogP contribution < -0.4 is 5.32 Å². The molecule has 31 heavy (non-hydrogen) atoms. The highest BCUT2D eigenvalue weighted by atomic mass is 32.2. The van der Waals surface area contributed by atoms with Crippen molar-refractivity contribution in [1.82, 2.24) is 14.1 Å². The number of benzene rings is 2. The molecule has 0 aliphatic heterocycles. The van der Waals surface area contributed by atoms with Gasteiger partial charge in [-0.1, -0.05) is 32.0 Å². The molecule has 1 aromatic heterocycles. The standard InChI is InChI=1S/C22H25FN4O3S/c1-5-26(6-2)31(29,30)21-13-17(12-11-15(21)3)25-22(28)18-14-24-27(16(18)4)20-10-8-7-9-19(20)23/h7-14H,5-6H2,1-4H3,(H,25,28). The zero-order chi connectivity index (χ0) is 22.8. The summed E-state index contributed by atoms with van der Waals surface area (Å²) in [4.78, 5) is 13.0. The molecule has 0 atom stereocenters. The fourth-order valence-corrected chi connectivity index (χ4v) is 5.06. The van der Waals surface area contributed by atoms with Gasteiger partial charge in [-0.2, -0.15) is 9.40 Å². The van der Waals surface area contributed by atoms with E-state index in [4.69, 9.17) is 0 Å². The van der Waals surface area contributed by atoms with Gasteiger partial charge in [0.25, 0.3) is 5.91 Å². The van der Waals surface area contributed by atoms with Gasteiger partial charge in [-0.05, 0) is 43.7 Å². The number of anilines is 1. The summed E-state index contributed by atoms with van der Waals surface area (Å²) in [6.07, 6.45) is 1.36. The second-order valence-electron chi connectivity index (χ2n) is 7.03. The lowest BCUT2D eigenvalue weighted by molar-refractivity contribution is 0.102. The third-order valence-electron chi connectivity index (χ3n) is 5.10. The van der Waals surface area contributed by atoms with Crippen molar-refractivity contribution in [1.29, 1.82) is 0 Å². The van der Waals surface area contributed by atoms with Crippen LogP contribution >= 0.6 is 0 Å². The summed E-state index contributed by atoms with van der Waals surface area (Å²) < 4.78 is 42.7. The fourth-order valence-electron chi connectivity index (χ4n) is 3.36. The van der Waals surface area contributed by atoms with Crippen molar-refractivity contribution in [3.05, 3.63) is 71.3 Å². The van der Waals surface area contributed by atoms with Crippen LogP contribution in [-0.2, 0) is 10.0 Å². The molecule has 0 radical (unpaired) electrons. The van der Waals surface area contributed by atoms with E-state index in [-0.39, 0.29) is 16.1 Å². The average Bonchev–Trinajstić information content (AvgIpc) is 3.11. The Morgan fingerprint density at radius 2 is 1.81 bits per heavy atom. The van der Waals surface area contributed by atoms with E-state index in [1.807, 2.05) is 0 Å². The first-order valence-corrected chi connectivity index (χ1v) is 11.4. The van der Waals surface area contributed by atoms with Gasteiger partial charge in [0.2, 0.25) is 10.0 Å². The Morgan fingerprint density at radius 1 is 1.13 bits per heavy atom. The number of amides is 1. The maximum atomic E-state index is 14.1. The quantitative estimate of drug-likeness (QED) is 0.599. The predicted molar refractivity (Wildman–Crippen MR) is 117 cm³/mol. The van der Waals surface area contributed by atoms with Crippen molar-refractivity contribution < 1.29 is 17.6 Å². The van der Waals surface area contributed by atoms with Crippen molar-refractivity contribution in [2.75, 3.05) is 18.4 Å². The summed E-state index contributed by atoms with van der Waals surface area (Å²) in [7, 11) is -3.68. The van der Waals surface area contributed by atoms with E-state index in [0.717, 1.165) is 0 Å². The normalized spacial score (nSPS) is 11.7. The minimum absolute atomic E-state index is 0.146. The van der Waals surface area contributed by atoms with E-state index in [0.29, 0.717) is 30.0 Å². The van der Waals surface area contributed by atoms with Gasteiger partial charge in [-0.15, -0.1) is 0 Å². The van der Waals surface area contributed by atoms with Crippen LogP contribution in [-0.4, -0.2) is 41.5 Å². The molecule has 0 unspecified atom stereocenters. The van der Waals surface area contributed by atoms with Crippen LogP contribution in [0.4, 0.5) is 10.1 Å². The number of halogens is 1. The molecule has 164 valence electrons. The van der Waals surface area contributed by atoms with Gasteiger partial charge in [-0.3, -0.25) is 4.79 Å². The van der Waals surface area contributed by atoms with Crippen LogP contribution in [0.3, 0.4) is 0 Å². The van der Waals surface area contributed by atoms with Gasteiger partial charge >= 0.3 is 0 Å². The van der Waals surface area contributed by atoms with Crippen LogP contribution in [0.1, 0.15) is 35.5 Å². The van der Waals surface area contributed by atoms with E-state index in [1.54, 1.807) is 58.0 Å². The average molecular weight is 445 g/mol. The molecule has 0 aliphatic carbocycles. The van der Waals surface area contributed by atoms with Crippen LogP contribution in [0.15, 0.2) is 53.6 Å². The second-order valence-corrected chi connectivity index (χ2v) is 8.94. The van der Waals surface area contributed by atoms with Crippen LogP contribution in [0.25, 0.3) is 5.69 Å². The number of aromatic nitrogens is 2. The lowest BCUT2D eigenvalue weighted by atomic mass is 10.2. The molecule has 0 fully saturated rings. The maximum absolute atomic E-state index is 14.1. The van der Waals surface area contributed by atoms with Crippen molar-refractivity contribution in [2.45, 2.75) is 32.6 Å². The van der Waals surface area contributed by atoms with Crippen molar-refractivity contribution in [2.24, 2.45) is 0 Å². The Labute approximate surface area is 181 Å². The molecule has 1 amide bonds. The molecule has 0 spiro atoms. The first-order chi connectivity index (χ1) is 14.7. The molecule has 0 bridgehead atoms. The summed E-state index contributed by atoms with van der Waals surface area (Å²) in [5.74, 6) is -0.916. The van der Waals surface area contributed by atoms with Gasteiger partial charge < -0.3 is 5.32 Å². The molecular weight excluding hydrogens is 419 g/mol. The molecule has 2 aromatic carbocycles.